The Bertz CT molecular complexity index is 322. The van der Waals surface area contributed by atoms with Crippen LogP contribution in [0.5, 0.6) is 0 Å². The number of nitrogens with one attached hydrogen (secondary N) is 1. The molecular formula is C17H31NO2. The fourth-order valence-corrected chi connectivity index (χ4v) is 2.86. The van der Waals surface area contributed by atoms with Gasteiger partial charge in [-0.1, -0.05) is 32.9 Å². The van der Waals surface area contributed by atoms with Crippen molar-refractivity contribution in [2.45, 2.75) is 53.4 Å². The highest BCUT2D eigenvalue weighted by atomic mass is 16.5. The van der Waals surface area contributed by atoms with Crippen LogP contribution in [0, 0.1) is 17.3 Å². The Labute approximate surface area is 124 Å². The lowest BCUT2D eigenvalue weighted by atomic mass is 9.70. The van der Waals surface area contributed by atoms with E-state index in [0.717, 1.165) is 24.3 Å². The van der Waals surface area contributed by atoms with Gasteiger partial charge in [-0.2, -0.15) is 0 Å². The molecule has 0 atom stereocenters. The first-order valence-corrected chi connectivity index (χ1v) is 7.80. The molecule has 20 heavy (non-hydrogen) atoms. The molecule has 3 heteroatoms. The molecule has 1 N–H and O–H groups in total. The summed E-state index contributed by atoms with van der Waals surface area (Å²) in [5.41, 5.74) is 1.38. The average molecular weight is 281 g/mol. The third-order valence-corrected chi connectivity index (χ3v) is 4.22. The molecule has 0 unspecified atom stereocenters. The highest BCUT2D eigenvalue weighted by Crippen LogP contribution is 2.39. The molecule has 116 valence electrons. The van der Waals surface area contributed by atoms with Gasteiger partial charge in [-0.25, -0.2) is 0 Å². The molecule has 0 heterocycles. The maximum atomic E-state index is 12.1. The van der Waals surface area contributed by atoms with Crippen LogP contribution >= 0.6 is 0 Å². The second kappa shape index (κ2) is 7.82. The molecule has 0 aromatic heterocycles. The molecule has 3 nitrogen and oxygen atoms in total. The summed E-state index contributed by atoms with van der Waals surface area (Å²) in [4.78, 5) is 12.1. The van der Waals surface area contributed by atoms with Crippen molar-refractivity contribution in [2.24, 2.45) is 17.3 Å². The van der Waals surface area contributed by atoms with Gasteiger partial charge in [0.2, 0.25) is 5.91 Å². The number of carbonyl (C=O) groups excluding carboxylic acids is 1. The summed E-state index contributed by atoms with van der Waals surface area (Å²) < 4.78 is 5.38. The quantitative estimate of drug-likeness (QED) is 0.597. The molecule has 0 bridgehead atoms. The van der Waals surface area contributed by atoms with Gasteiger partial charge in [-0.05, 0) is 43.9 Å². The first-order valence-electron chi connectivity index (χ1n) is 7.80. The predicted molar refractivity (Wildman–Crippen MR) is 83.5 cm³/mol. The molecule has 1 amide bonds. The Morgan fingerprint density at radius 3 is 2.35 bits per heavy atom. The standard InChI is InChI=1S/C17H31NO2/c1-13(2)12-20-11-10-18-16(19)14-6-8-15(9-7-14)17(3,4)5/h14-15H,1,6-12H2,2-5H3,(H,18,19). The van der Waals surface area contributed by atoms with Crippen LogP contribution in [0.4, 0.5) is 0 Å². The van der Waals surface area contributed by atoms with Crippen LogP contribution < -0.4 is 5.32 Å². The minimum atomic E-state index is 0.203. The lowest BCUT2D eigenvalue weighted by Crippen LogP contribution is -2.36. The number of rotatable bonds is 6. The maximum Gasteiger partial charge on any atom is 0.223 e. The summed E-state index contributed by atoms with van der Waals surface area (Å²) in [5.74, 6) is 1.16. The van der Waals surface area contributed by atoms with Crippen molar-refractivity contribution in [3.05, 3.63) is 12.2 Å². The topological polar surface area (TPSA) is 38.3 Å². The molecule has 0 aromatic carbocycles. The molecule has 0 aromatic rings. The van der Waals surface area contributed by atoms with E-state index in [1.807, 2.05) is 6.92 Å². The van der Waals surface area contributed by atoms with Gasteiger partial charge in [0, 0.05) is 12.5 Å². The molecule has 1 aliphatic carbocycles. The lowest BCUT2D eigenvalue weighted by molar-refractivity contribution is -0.126. The molecule has 0 aliphatic heterocycles. The van der Waals surface area contributed by atoms with Crippen molar-refractivity contribution >= 4 is 5.91 Å². The van der Waals surface area contributed by atoms with Gasteiger partial charge in [-0.3, -0.25) is 4.79 Å². The van der Waals surface area contributed by atoms with Crippen LogP contribution in [0.3, 0.4) is 0 Å². The second-order valence-electron chi connectivity index (χ2n) is 7.22. The third-order valence-electron chi connectivity index (χ3n) is 4.22. The Hall–Kier alpha value is -0.830. The van der Waals surface area contributed by atoms with Crippen molar-refractivity contribution in [1.82, 2.24) is 5.32 Å². The van der Waals surface area contributed by atoms with E-state index in [0.29, 0.717) is 25.2 Å². The number of carbonyl (C=O) groups is 1. The Morgan fingerprint density at radius 1 is 1.25 bits per heavy atom. The van der Waals surface area contributed by atoms with Crippen LogP contribution in [-0.4, -0.2) is 25.7 Å². The van der Waals surface area contributed by atoms with Crippen LogP contribution in [0.1, 0.15) is 53.4 Å². The zero-order valence-electron chi connectivity index (χ0n) is 13.6. The summed E-state index contributed by atoms with van der Waals surface area (Å²) in [7, 11) is 0. The monoisotopic (exact) mass is 281 g/mol. The minimum Gasteiger partial charge on any atom is -0.375 e. The molecule has 1 saturated carbocycles. The summed E-state index contributed by atoms with van der Waals surface area (Å²) in [5, 5.41) is 2.99. The molecule has 1 aliphatic rings. The van der Waals surface area contributed by atoms with Crippen molar-refractivity contribution in [2.75, 3.05) is 19.8 Å². The fourth-order valence-electron chi connectivity index (χ4n) is 2.86. The normalized spacial score (nSPS) is 23.4. The largest absolute Gasteiger partial charge is 0.375 e. The fraction of sp³-hybridized carbons (Fsp3) is 0.824. The van der Waals surface area contributed by atoms with Crippen molar-refractivity contribution in [3.63, 3.8) is 0 Å². The molecule has 1 rings (SSSR count). The minimum absolute atomic E-state index is 0.203. The van der Waals surface area contributed by atoms with Crippen LogP contribution in [0.25, 0.3) is 0 Å². The van der Waals surface area contributed by atoms with Gasteiger partial charge < -0.3 is 10.1 Å². The Morgan fingerprint density at radius 2 is 1.85 bits per heavy atom. The first-order chi connectivity index (χ1) is 9.30. The first kappa shape index (κ1) is 17.2. The van der Waals surface area contributed by atoms with E-state index < -0.39 is 0 Å². The molecule has 0 spiro atoms. The molecular weight excluding hydrogens is 250 g/mol. The highest BCUT2D eigenvalue weighted by Gasteiger charge is 2.32. The summed E-state index contributed by atoms with van der Waals surface area (Å²) in [6.07, 6.45) is 4.41. The highest BCUT2D eigenvalue weighted by molar-refractivity contribution is 5.78. The van der Waals surface area contributed by atoms with E-state index in [4.69, 9.17) is 4.74 Å². The van der Waals surface area contributed by atoms with Crippen molar-refractivity contribution in [1.29, 1.82) is 0 Å². The van der Waals surface area contributed by atoms with E-state index in [1.165, 1.54) is 12.8 Å². The van der Waals surface area contributed by atoms with E-state index in [2.05, 4.69) is 32.7 Å². The maximum absolute atomic E-state index is 12.1. The number of amides is 1. The predicted octanol–water partition coefficient (Wildman–Crippen LogP) is 3.55. The van der Waals surface area contributed by atoms with E-state index in [1.54, 1.807) is 0 Å². The van der Waals surface area contributed by atoms with Gasteiger partial charge in [-0.15, -0.1) is 0 Å². The van der Waals surface area contributed by atoms with Crippen LogP contribution in [-0.2, 0) is 9.53 Å². The lowest BCUT2D eigenvalue weighted by Gasteiger charge is -2.36. The Balaban J connectivity index is 2.18. The zero-order chi connectivity index (χ0) is 15.2. The molecule has 1 fully saturated rings. The van der Waals surface area contributed by atoms with Crippen LogP contribution in [0.2, 0.25) is 0 Å². The van der Waals surface area contributed by atoms with Crippen LogP contribution in [0.15, 0.2) is 12.2 Å². The number of hydrogen-bond acceptors (Lipinski definition) is 2. The number of hydrogen-bond donors (Lipinski definition) is 1. The molecule has 0 saturated heterocycles. The Kier molecular flexibility index (Phi) is 6.74. The van der Waals surface area contributed by atoms with Crippen molar-refractivity contribution < 1.29 is 9.53 Å². The number of ether oxygens (including phenoxy) is 1. The van der Waals surface area contributed by atoms with Gasteiger partial charge in [0.15, 0.2) is 0 Å². The van der Waals surface area contributed by atoms with E-state index in [9.17, 15) is 4.79 Å². The van der Waals surface area contributed by atoms with E-state index in [-0.39, 0.29) is 11.8 Å². The van der Waals surface area contributed by atoms with Gasteiger partial charge in [0.25, 0.3) is 0 Å². The third kappa shape index (κ3) is 6.08. The SMILES string of the molecule is C=C(C)COCCNC(=O)C1CCC(C(C)(C)C)CC1. The van der Waals surface area contributed by atoms with Gasteiger partial charge >= 0.3 is 0 Å². The second-order valence-corrected chi connectivity index (χ2v) is 7.22. The van der Waals surface area contributed by atoms with Gasteiger partial charge in [0.05, 0.1) is 13.2 Å². The van der Waals surface area contributed by atoms with Crippen molar-refractivity contribution in [3.8, 4) is 0 Å². The summed E-state index contributed by atoms with van der Waals surface area (Å²) in [6, 6.07) is 0. The zero-order valence-corrected chi connectivity index (χ0v) is 13.6. The van der Waals surface area contributed by atoms with Gasteiger partial charge in [0.1, 0.15) is 0 Å². The molecule has 0 radical (unpaired) electrons. The summed E-state index contributed by atoms with van der Waals surface area (Å²) >= 11 is 0. The van der Waals surface area contributed by atoms with E-state index >= 15 is 0 Å². The average Bonchev–Trinajstić information content (AvgIpc) is 2.37. The summed E-state index contributed by atoms with van der Waals surface area (Å²) in [6.45, 7) is 14.4. The smallest absolute Gasteiger partial charge is 0.223 e.